The van der Waals surface area contributed by atoms with Crippen LogP contribution in [0.15, 0.2) is 0 Å². The first-order valence-corrected chi connectivity index (χ1v) is 5.69. The van der Waals surface area contributed by atoms with Crippen LogP contribution in [0.1, 0.15) is 6.42 Å². The predicted octanol–water partition coefficient (Wildman–Crippen LogP) is -0.206. The summed E-state index contributed by atoms with van der Waals surface area (Å²) in [6.45, 7) is 5.62. The molecule has 0 aromatic heterocycles. The number of nitrogens with zero attached hydrogens (tertiary/aromatic N) is 3. The van der Waals surface area contributed by atoms with Gasteiger partial charge >= 0.3 is 0 Å². The zero-order valence-corrected chi connectivity index (χ0v) is 10.7. The van der Waals surface area contributed by atoms with E-state index in [1.165, 1.54) is 0 Å². The molecule has 0 atom stereocenters. The molecule has 0 amide bonds. The van der Waals surface area contributed by atoms with E-state index in [1.807, 2.05) is 0 Å². The van der Waals surface area contributed by atoms with Crippen LogP contribution in [0, 0.1) is 0 Å². The van der Waals surface area contributed by atoms with Gasteiger partial charge in [0.05, 0.1) is 0 Å². The second kappa shape index (κ2) is 9.09. The summed E-state index contributed by atoms with van der Waals surface area (Å²) < 4.78 is 0. The molecule has 0 saturated carbocycles. The number of aliphatic hydroxyl groups is 1. The maximum atomic E-state index is 8.82. The van der Waals surface area contributed by atoms with Crippen LogP contribution < -0.4 is 0 Å². The SMILES string of the molecule is CN(C)CCN(CCCO)CCN(C)C. The van der Waals surface area contributed by atoms with Crippen LogP contribution in [0.5, 0.6) is 0 Å². The molecule has 0 fully saturated rings. The van der Waals surface area contributed by atoms with E-state index >= 15 is 0 Å². The Kier molecular flexibility index (Phi) is 9.00. The van der Waals surface area contributed by atoms with Crippen molar-refractivity contribution in [1.82, 2.24) is 14.7 Å². The summed E-state index contributed by atoms with van der Waals surface area (Å²) in [6, 6.07) is 0. The van der Waals surface area contributed by atoms with Gasteiger partial charge in [-0.2, -0.15) is 0 Å². The predicted molar refractivity (Wildman–Crippen MR) is 65.3 cm³/mol. The Morgan fingerprint density at radius 1 is 0.733 bits per heavy atom. The molecule has 0 bridgehead atoms. The number of hydrogen-bond acceptors (Lipinski definition) is 4. The summed E-state index contributed by atoms with van der Waals surface area (Å²) in [5.41, 5.74) is 0. The van der Waals surface area contributed by atoms with Crippen LogP contribution in [-0.2, 0) is 0 Å². The number of hydrogen-bond donors (Lipinski definition) is 1. The van der Waals surface area contributed by atoms with Crippen LogP contribution in [0.4, 0.5) is 0 Å². The summed E-state index contributed by atoms with van der Waals surface area (Å²) in [5.74, 6) is 0. The highest BCUT2D eigenvalue weighted by Crippen LogP contribution is 1.93. The smallest absolute Gasteiger partial charge is 0.0443 e. The van der Waals surface area contributed by atoms with Crippen molar-refractivity contribution in [2.24, 2.45) is 0 Å². The van der Waals surface area contributed by atoms with Gasteiger partial charge in [-0.05, 0) is 34.6 Å². The molecular weight excluding hydrogens is 190 g/mol. The quantitative estimate of drug-likeness (QED) is 0.579. The summed E-state index contributed by atoms with van der Waals surface area (Å²) in [7, 11) is 8.37. The van der Waals surface area contributed by atoms with E-state index in [9.17, 15) is 0 Å². The molecule has 0 aliphatic carbocycles. The summed E-state index contributed by atoms with van der Waals surface area (Å²) >= 11 is 0. The third-order valence-corrected chi connectivity index (χ3v) is 2.36. The average molecular weight is 217 g/mol. The number of likely N-dealkylation sites (N-methyl/N-ethyl adjacent to an activating group) is 2. The highest BCUT2D eigenvalue weighted by Gasteiger charge is 2.05. The topological polar surface area (TPSA) is 30.0 Å². The first kappa shape index (κ1) is 14.8. The van der Waals surface area contributed by atoms with Crippen molar-refractivity contribution in [2.75, 3.05) is 67.5 Å². The van der Waals surface area contributed by atoms with Gasteiger partial charge in [-0.1, -0.05) is 0 Å². The maximum absolute atomic E-state index is 8.82. The fourth-order valence-electron chi connectivity index (χ4n) is 1.31. The van der Waals surface area contributed by atoms with Crippen molar-refractivity contribution in [3.05, 3.63) is 0 Å². The van der Waals surface area contributed by atoms with Crippen molar-refractivity contribution in [1.29, 1.82) is 0 Å². The van der Waals surface area contributed by atoms with E-state index in [1.54, 1.807) is 0 Å². The summed E-state index contributed by atoms with van der Waals surface area (Å²) in [5, 5.41) is 8.82. The normalized spacial score (nSPS) is 12.0. The zero-order chi connectivity index (χ0) is 11.7. The van der Waals surface area contributed by atoms with Crippen LogP contribution in [0.2, 0.25) is 0 Å². The molecule has 0 spiro atoms. The third kappa shape index (κ3) is 10.1. The maximum Gasteiger partial charge on any atom is 0.0443 e. The van der Waals surface area contributed by atoms with E-state index in [0.717, 1.165) is 39.1 Å². The van der Waals surface area contributed by atoms with Crippen LogP contribution in [0.25, 0.3) is 0 Å². The molecule has 0 heterocycles. The van der Waals surface area contributed by atoms with Gasteiger partial charge in [0.2, 0.25) is 0 Å². The van der Waals surface area contributed by atoms with Gasteiger partial charge in [-0.3, -0.25) is 0 Å². The Labute approximate surface area is 94.5 Å². The molecule has 0 aliphatic rings. The van der Waals surface area contributed by atoms with Crippen LogP contribution in [-0.4, -0.2) is 87.3 Å². The fraction of sp³-hybridized carbons (Fsp3) is 1.00. The molecule has 0 rings (SSSR count). The first-order chi connectivity index (χ1) is 7.06. The molecule has 15 heavy (non-hydrogen) atoms. The Hall–Kier alpha value is -0.160. The van der Waals surface area contributed by atoms with E-state index in [-0.39, 0.29) is 0 Å². The average Bonchev–Trinajstić information content (AvgIpc) is 2.16. The highest BCUT2D eigenvalue weighted by atomic mass is 16.3. The lowest BCUT2D eigenvalue weighted by Gasteiger charge is -2.25. The van der Waals surface area contributed by atoms with Crippen LogP contribution >= 0.6 is 0 Å². The van der Waals surface area contributed by atoms with Crippen molar-refractivity contribution in [3.63, 3.8) is 0 Å². The molecular formula is C11H27N3O. The number of rotatable bonds is 9. The van der Waals surface area contributed by atoms with Gasteiger partial charge in [0.25, 0.3) is 0 Å². The van der Waals surface area contributed by atoms with Crippen molar-refractivity contribution < 1.29 is 5.11 Å². The minimum absolute atomic E-state index is 0.292. The Morgan fingerprint density at radius 2 is 1.20 bits per heavy atom. The highest BCUT2D eigenvalue weighted by molar-refractivity contribution is 4.61. The Bertz CT molecular complexity index is 128. The molecule has 0 radical (unpaired) electrons. The van der Waals surface area contributed by atoms with Gasteiger partial charge in [0, 0.05) is 39.3 Å². The van der Waals surface area contributed by atoms with Crippen molar-refractivity contribution >= 4 is 0 Å². The molecule has 1 N–H and O–H groups in total. The summed E-state index contributed by atoms with van der Waals surface area (Å²) in [6.07, 6.45) is 0.876. The molecule has 4 heteroatoms. The van der Waals surface area contributed by atoms with Crippen molar-refractivity contribution in [3.8, 4) is 0 Å². The van der Waals surface area contributed by atoms with Gasteiger partial charge < -0.3 is 19.8 Å². The van der Waals surface area contributed by atoms with E-state index in [4.69, 9.17) is 5.11 Å². The second-order valence-electron chi connectivity index (χ2n) is 4.53. The molecule has 0 saturated heterocycles. The van der Waals surface area contributed by atoms with Gasteiger partial charge in [0.1, 0.15) is 0 Å². The molecule has 4 nitrogen and oxygen atoms in total. The Morgan fingerprint density at radius 3 is 1.53 bits per heavy atom. The standard InChI is InChI=1S/C11H27N3O/c1-12(2)7-9-14(6-5-11-15)10-8-13(3)4/h15H,5-11H2,1-4H3. The first-order valence-electron chi connectivity index (χ1n) is 5.69. The van der Waals surface area contributed by atoms with E-state index in [2.05, 4.69) is 42.9 Å². The minimum Gasteiger partial charge on any atom is -0.396 e. The van der Waals surface area contributed by atoms with Crippen molar-refractivity contribution in [2.45, 2.75) is 6.42 Å². The van der Waals surface area contributed by atoms with E-state index in [0.29, 0.717) is 6.61 Å². The van der Waals surface area contributed by atoms with Crippen LogP contribution in [0.3, 0.4) is 0 Å². The molecule has 0 aromatic carbocycles. The van der Waals surface area contributed by atoms with Gasteiger partial charge in [-0.15, -0.1) is 0 Å². The fourth-order valence-corrected chi connectivity index (χ4v) is 1.31. The largest absolute Gasteiger partial charge is 0.396 e. The molecule has 0 aliphatic heterocycles. The minimum atomic E-state index is 0.292. The van der Waals surface area contributed by atoms with E-state index < -0.39 is 0 Å². The monoisotopic (exact) mass is 217 g/mol. The summed E-state index contributed by atoms with van der Waals surface area (Å²) in [4.78, 5) is 6.80. The van der Waals surface area contributed by atoms with Gasteiger partial charge in [0.15, 0.2) is 0 Å². The Balaban J connectivity index is 3.73. The third-order valence-electron chi connectivity index (χ3n) is 2.36. The second-order valence-corrected chi connectivity index (χ2v) is 4.53. The zero-order valence-electron chi connectivity index (χ0n) is 10.7. The lowest BCUT2D eigenvalue weighted by atomic mass is 10.3. The number of aliphatic hydroxyl groups excluding tert-OH is 1. The molecule has 0 unspecified atom stereocenters. The molecule has 92 valence electrons. The lowest BCUT2D eigenvalue weighted by Crippen LogP contribution is -2.37. The van der Waals surface area contributed by atoms with Gasteiger partial charge in [-0.25, -0.2) is 0 Å². The lowest BCUT2D eigenvalue weighted by molar-refractivity contribution is 0.195. The molecule has 0 aromatic rings.